The average molecular weight is 587 g/mol. The van der Waals surface area contributed by atoms with Gasteiger partial charge in [0.1, 0.15) is 29.5 Å². The van der Waals surface area contributed by atoms with E-state index in [0.29, 0.717) is 66.1 Å². The summed E-state index contributed by atoms with van der Waals surface area (Å²) in [5, 5.41) is 14.9. The Morgan fingerprint density at radius 2 is 1.90 bits per heavy atom. The number of carboxylic acid groups (broad SMARTS) is 1. The van der Waals surface area contributed by atoms with Gasteiger partial charge >= 0.3 is 12.1 Å². The van der Waals surface area contributed by atoms with E-state index in [9.17, 15) is 14.4 Å². The molecule has 2 heterocycles. The molecule has 1 aromatic carbocycles. The number of ether oxygens (including phenoxy) is 4. The van der Waals surface area contributed by atoms with Gasteiger partial charge in [0.25, 0.3) is 0 Å². The highest BCUT2D eigenvalue weighted by Crippen LogP contribution is 2.42. The highest BCUT2D eigenvalue weighted by Gasteiger charge is 2.34. The number of carbonyl (C=O) groups is 3. The average Bonchev–Trinajstić information content (AvgIpc) is 3.25. The molecule has 14 heteroatoms. The summed E-state index contributed by atoms with van der Waals surface area (Å²) in [6, 6.07) is 3.25. The maximum Gasteiger partial charge on any atom is 0.410 e. The van der Waals surface area contributed by atoms with Crippen LogP contribution in [-0.2, 0) is 14.3 Å². The number of benzene rings is 1. The molecule has 14 nitrogen and oxygen atoms in total. The van der Waals surface area contributed by atoms with Crippen molar-refractivity contribution in [3.05, 3.63) is 24.0 Å². The third-order valence-electron chi connectivity index (χ3n) is 5.98. The van der Waals surface area contributed by atoms with Gasteiger partial charge in [0, 0.05) is 44.9 Å². The molecular formula is C28H38N6O8. The summed E-state index contributed by atoms with van der Waals surface area (Å²) in [4.78, 5) is 50.4. The Morgan fingerprint density at radius 3 is 2.57 bits per heavy atom. The fraction of sp³-hybridized carbons (Fsp3) is 0.500. The molecule has 0 fully saturated rings. The zero-order chi connectivity index (χ0) is 30.9. The van der Waals surface area contributed by atoms with Crippen molar-refractivity contribution in [1.82, 2.24) is 14.9 Å². The van der Waals surface area contributed by atoms with Gasteiger partial charge in [-0.2, -0.15) is 0 Å². The lowest BCUT2D eigenvalue weighted by molar-refractivity contribution is -0.137. The van der Waals surface area contributed by atoms with Crippen molar-refractivity contribution < 1.29 is 38.4 Å². The van der Waals surface area contributed by atoms with E-state index in [-0.39, 0.29) is 18.9 Å². The molecule has 3 N–H and O–H groups in total. The van der Waals surface area contributed by atoms with Crippen molar-refractivity contribution in [2.24, 2.45) is 4.99 Å². The van der Waals surface area contributed by atoms with Gasteiger partial charge in [-0.1, -0.05) is 0 Å². The first-order chi connectivity index (χ1) is 19.9. The summed E-state index contributed by atoms with van der Waals surface area (Å²) >= 11 is 0. The van der Waals surface area contributed by atoms with Crippen molar-refractivity contribution in [2.45, 2.75) is 51.6 Å². The normalized spacial score (nSPS) is 14.2. The number of nitrogens with one attached hydrogen (secondary N) is 2. The number of aliphatic carboxylic acids is 1. The molecule has 3 rings (SSSR count). The SMILES string of the molecule is COc1cc(N=CC2C(=O)Nc3ncnc(NCCCN(C)C(=O)OC(C)(C)C)c32)cc(OCCCC(=O)O)c1OC. The molecule has 1 aliphatic heterocycles. The van der Waals surface area contributed by atoms with Gasteiger partial charge in [0.05, 0.1) is 32.1 Å². The number of hydrogen-bond donors (Lipinski definition) is 3. The van der Waals surface area contributed by atoms with Gasteiger partial charge in [0.15, 0.2) is 11.5 Å². The molecule has 0 radical (unpaired) electrons. The van der Waals surface area contributed by atoms with E-state index in [1.165, 1.54) is 31.7 Å². The first-order valence-electron chi connectivity index (χ1n) is 13.4. The fourth-order valence-corrected chi connectivity index (χ4v) is 4.02. The second-order valence-corrected chi connectivity index (χ2v) is 10.4. The Labute approximate surface area is 244 Å². The van der Waals surface area contributed by atoms with E-state index in [1.54, 1.807) is 19.2 Å². The molecule has 1 aromatic heterocycles. The molecular weight excluding hydrogens is 548 g/mol. The van der Waals surface area contributed by atoms with Crippen molar-refractivity contribution in [1.29, 1.82) is 0 Å². The van der Waals surface area contributed by atoms with E-state index in [4.69, 9.17) is 24.1 Å². The van der Waals surface area contributed by atoms with Crippen molar-refractivity contribution in [2.75, 3.05) is 51.6 Å². The lowest BCUT2D eigenvalue weighted by Gasteiger charge is -2.24. The Bertz CT molecular complexity index is 1310. The summed E-state index contributed by atoms with van der Waals surface area (Å²) < 4.78 is 22.0. The number of aliphatic imine (C=N–C) groups is 1. The third-order valence-corrected chi connectivity index (χ3v) is 5.98. The summed E-state index contributed by atoms with van der Waals surface area (Å²) in [5.74, 6) is -0.116. The van der Waals surface area contributed by atoms with Gasteiger partial charge in [-0.25, -0.2) is 14.8 Å². The minimum absolute atomic E-state index is 0.0353. The topological polar surface area (TPSA) is 174 Å². The molecule has 42 heavy (non-hydrogen) atoms. The van der Waals surface area contributed by atoms with E-state index in [0.717, 1.165) is 0 Å². The van der Waals surface area contributed by atoms with Crippen molar-refractivity contribution in [3.8, 4) is 17.2 Å². The van der Waals surface area contributed by atoms with Crippen LogP contribution in [0.15, 0.2) is 23.5 Å². The van der Waals surface area contributed by atoms with Crippen LogP contribution < -0.4 is 24.8 Å². The number of methoxy groups -OCH3 is 2. The number of aromatic nitrogens is 2. The number of amides is 2. The van der Waals surface area contributed by atoms with Crippen LogP contribution in [-0.4, -0.2) is 90.7 Å². The zero-order valence-corrected chi connectivity index (χ0v) is 24.7. The summed E-state index contributed by atoms with van der Waals surface area (Å²) in [7, 11) is 4.61. The number of rotatable bonds is 14. The van der Waals surface area contributed by atoms with Gasteiger partial charge in [-0.15, -0.1) is 0 Å². The molecule has 0 saturated carbocycles. The maximum absolute atomic E-state index is 12.9. The number of carbonyl (C=O) groups excluding carboxylic acids is 2. The third kappa shape index (κ3) is 8.69. The molecule has 0 saturated heterocycles. The lowest BCUT2D eigenvalue weighted by atomic mass is 10.0. The van der Waals surface area contributed by atoms with Gasteiger partial charge in [0.2, 0.25) is 11.7 Å². The van der Waals surface area contributed by atoms with E-state index in [2.05, 4.69) is 25.6 Å². The maximum atomic E-state index is 12.9. The van der Waals surface area contributed by atoms with E-state index in [1.807, 2.05) is 20.8 Å². The number of carboxylic acids is 1. The van der Waals surface area contributed by atoms with Crippen LogP contribution in [0.3, 0.4) is 0 Å². The van der Waals surface area contributed by atoms with E-state index < -0.39 is 23.6 Å². The van der Waals surface area contributed by atoms with Crippen molar-refractivity contribution in [3.63, 3.8) is 0 Å². The Kier molecular flexibility index (Phi) is 10.9. The molecule has 0 bridgehead atoms. The predicted octanol–water partition coefficient (Wildman–Crippen LogP) is 3.84. The summed E-state index contributed by atoms with van der Waals surface area (Å²) in [6.45, 7) is 6.53. The monoisotopic (exact) mass is 586 g/mol. The van der Waals surface area contributed by atoms with Crippen LogP contribution in [0, 0.1) is 0 Å². The Morgan fingerprint density at radius 1 is 1.17 bits per heavy atom. The van der Waals surface area contributed by atoms with Crippen LogP contribution >= 0.6 is 0 Å². The fourth-order valence-electron chi connectivity index (χ4n) is 4.02. The number of anilines is 2. The lowest BCUT2D eigenvalue weighted by Crippen LogP contribution is -2.35. The van der Waals surface area contributed by atoms with Gasteiger partial charge < -0.3 is 39.6 Å². The smallest absolute Gasteiger partial charge is 0.410 e. The van der Waals surface area contributed by atoms with Crippen LogP contribution in [0.25, 0.3) is 0 Å². The second kappa shape index (κ2) is 14.3. The number of fused-ring (bicyclic) bond motifs is 1. The molecule has 2 aromatic rings. The highest BCUT2D eigenvalue weighted by molar-refractivity contribution is 6.13. The standard InChI is InChI=1S/C28H38N6O8/c1-28(2,3)42-27(38)34(4)11-8-10-29-24-22-18(26(37)33-25(22)32-16-31-24)15-30-17-13-19(39-5)23(40-6)20(14-17)41-12-7-9-21(35)36/h13-16,18H,7-12H2,1-6H3,(H,35,36)(H2,29,31,32,33,37). The van der Waals surface area contributed by atoms with Crippen LogP contribution in [0.1, 0.15) is 51.5 Å². The number of nitrogens with zero attached hydrogens (tertiary/aromatic N) is 4. The van der Waals surface area contributed by atoms with E-state index >= 15 is 0 Å². The zero-order valence-electron chi connectivity index (χ0n) is 24.7. The van der Waals surface area contributed by atoms with Gasteiger partial charge in [-0.05, 0) is 33.6 Å². The minimum Gasteiger partial charge on any atom is -0.493 e. The molecule has 1 aliphatic rings. The molecule has 228 valence electrons. The largest absolute Gasteiger partial charge is 0.493 e. The molecule has 1 unspecified atom stereocenters. The molecule has 1 atom stereocenters. The number of hydrogen-bond acceptors (Lipinski definition) is 11. The minimum atomic E-state index is -0.914. The summed E-state index contributed by atoms with van der Waals surface area (Å²) in [6.07, 6.45) is 3.32. The highest BCUT2D eigenvalue weighted by atomic mass is 16.6. The van der Waals surface area contributed by atoms with Crippen LogP contribution in [0.2, 0.25) is 0 Å². The Balaban J connectivity index is 1.73. The summed E-state index contributed by atoms with van der Waals surface area (Å²) in [5.41, 5.74) is 0.408. The van der Waals surface area contributed by atoms with Gasteiger partial charge in [-0.3, -0.25) is 14.6 Å². The Hall–Kier alpha value is -4.62. The van der Waals surface area contributed by atoms with Crippen LogP contribution in [0.4, 0.5) is 22.1 Å². The van der Waals surface area contributed by atoms with Crippen molar-refractivity contribution >= 4 is 41.5 Å². The second-order valence-electron chi connectivity index (χ2n) is 10.4. The quantitative estimate of drug-likeness (QED) is 0.217. The first-order valence-corrected chi connectivity index (χ1v) is 13.4. The predicted molar refractivity (Wildman–Crippen MR) is 155 cm³/mol. The molecule has 0 spiro atoms. The molecule has 2 amide bonds. The first kappa shape index (κ1) is 31.9. The van der Waals surface area contributed by atoms with Crippen LogP contribution in [0.5, 0.6) is 17.2 Å². The molecule has 0 aliphatic carbocycles.